The number of rotatable bonds is 2. The standard InChI is InChI=1S/C14H25NO6Si/c1-13(2,3)22(4,5)21-11-10-9(17-8-18-10)6-19-14(11)7-15-12(16)20-14/h9-11H,6-8H2,1-5H3,(H,15,16)/t9-,10?,11+,14+/m1/s1. The van der Waals surface area contributed by atoms with Crippen molar-refractivity contribution in [2.75, 3.05) is 19.9 Å². The number of amides is 1. The fourth-order valence-electron chi connectivity index (χ4n) is 2.70. The molecule has 3 aliphatic rings. The van der Waals surface area contributed by atoms with Crippen LogP contribution in [0.25, 0.3) is 0 Å². The summed E-state index contributed by atoms with van der Waals surface area (Å²) in [6, 6.07) is 0. The lowest BCUT2D eigenvalue weighted by atomic mass is 9.97. The van der Waals surface area contributed by atoms with Crippen LogP contribution in [0.1, 0.15) is 20.8 Å². The lowest BCUT2D eigenvalue weighted by Crippen LogP contribution is -2.65. The van der Waals surface area contributed by atoms with Gasteiger partial charge in [0.2, 0.25) is 0 Å². The molecule has 3 fully saturated rings. The summed E-state index contributed by atoms with van der Waals surface area (Å²) >= 11 is 0. The molecule has 8 heteroatoms. The number of hydrogen-bond acceptors (Lipinski definition) is 6. The molecule has 1 spiro atoms. The minimum Gasteiger partial charge on any atom is -0.412 e. The van der Waals surface area contributed by atoms with Gasteiger partial charge in [-0.1, -0.05) is 20.8 Å². The van der Waals surface area contributed by atoms with E-state index in [9.17, 15) is 4.79 Å². The van der Waals surface area contributed by atoms with Crippen LogP contribution in [0.15, 0.2) is 0 Å². The summed E-state index contributed by atoms with van der Waals surface area (Å²) in [5.74, 6) is -1.12. The third-order valence-electron chi connectivity index (χ3n) is 5.11. The monoisotopic (exact) mass is 331 g/mol. The quantitative estimate of drug-likeness (QED) is 0.775. The highest BCUT2D eigenvalue weighted by Gasteiger charge is 2.61. The number of carbonyl (C=O) groups excluding carboxylic acids is 1. The summed E-state index contributed by atoms with van der Waals surface area (Å²) < 4.78 is 29.1. The van der Waals surface area contributed by atoms with Crippen molar-refractivity contribution in [3.63, 3.8) is 0 Å². The molecule has 4 atom stereocenters. The lowest BCUT2D eigenvalue weighted by Gasteiger charge is -2.48. The number of nitrogens with one attached hydrogen (secondary N) is 1. The van der Waals surface area contributed by atoms with Crippen molar-refractivity contribution in [3.8, 4) is 0 Å². The molecule has 0 aromatic rings. The summed E-state index contributed by atoms with van der Waals surface area (Å²) in [6.07, 6.45) is -1.44. The summed E-state index contributed by atoms with van der Waals surface area (Å²) in [4.78, 5) is 11.6. The van der Waals surface area contributed by atoms with Gasteiger partial charge in [0.1, 0.15) is 25.1 Å². The molecule has 3 heterocycles. The minimum absolute atomic E-state index is 0.0244. The van der Waals surface area contributed by atoms with Crippen molar-refractivity contribution in [2.45, 2.75) is 63.0 Å². The molecule has 7 nitrogen and oxygen atoms in total. The second kappa shape index (κ2) is 5.17. The van der Waals surface area contributed by atoms with Crippen molar-refractivity contribution >= 4 is 14.4 Å². The Labute approximate surface area is 131 Å². The van der Waals surface area contributed by atoms with Crippen LogP contribution in [0, 0.1) is 0 Å². The second-order valence-electron chi connectivity index (χ2n) is 7.62. The fourth-order valence-corrected chi connectivity index (χ4v) is 4.01. The molecule has 0 aromatic carbocycles. The maximum absolute atomic E-state index is 11.6. The largest absolute Gasteiger partial charge is 0.412 e. The van der Waals surface area contributed by atoms with Gasteiger partial charge in [0, 0.05) is 0 Å². The van der Waals surface area contributed by atoms with Crippen LogP contribution < -0.4 is 5.32 Å². The van der Waals surface area contributed by atoms with E-state index in [1.807, 2.05) is 0 Å². The van der Waals surface area contributed by atoms with Crippen molar-refractivity contribution in [2.24, 2.45) is 0 Å². The van der Waals surface area contributed by atoms with E-state index in [-0.39, 0.29) is 30.6 Å². The predicted molar refractivity (Wildman–Crippen MR) is 79.8 cm³/mol. The number of alkyl carbamates (subject to hydrolysis) is 1. The summed E-state index contributed by atoms with van der Waals surface area (Å²) in [5, 5.41) is 2.69. The van der Waals surface area contributed by atoms with E-state index >= 15 is 0 Å². The van der Waals surface area contributed by atoms with E-state index < -0.39 is 26.3 Å². The highest BCUT2D eigenvalue weighted by Crippen LogP contribution is 2.43. The number of ether oxygens (including phenoxy) is 4. The van der Waals surface area contributed by atoms with Gasteiger partial charge in [-0.2, -0.15) is 0 Å². The van der Waals surface area contributed by atoms with E-state index in [1.54, 1.807) is 0 Å². The average Bonchev–Trinajstić information content (AvgIpc) is 2.99. The highest BCUT2D eigenvalue weighted by molar-refractivity contribution is 6.74. The normalized spacial score (nSPS) is 38.8. The molecule has 3 aliphatic heterocycles. The molecular formula is C14H25NO6Si. The third-order valence-corrected chi connectivity index (χ3v) is 9.56. The lowest BCUT2D eigenvalue weighted by molar-refractivity contribution is -0.281. The van der Waals surface area contributed by atoms with Gasteiger partial charge in [0.25, 0.3) is 5.79 Å². The SMILES string of the molecule is CC(C)(C)[Si](C)(C)O[C@H]1C2OCO[C@@H]2CO[C@]12CNC(=O)O2. The number of carbonyl (C=O) groups is 1. The predicted octanol–water partition coefficient (Wildman–Crippen LogP) is 1.58. The Morgan fingerprint density at radius 1 is 1.32 bits per heavy atom. The van der Waals surface area contributed by atoms with Gasteiger partial charge < -0.3 is 28.7 Å². The van der Waals surface area contributed by atoms with Gasteiger partial charge in [0.05, 0.1) is 13.2 Å². The Balaban J connectivity index is 1.89. The summed E-state index contributed by atoms with van der Waals surface area (Å²) in [5.41, 5.74) is 0. The first-order chi connectivity index (χ1) is 10.1. The van der Waals surface area contributed by atoms with Gasteiger partial charge in [0.15, 0.2) is 8.32 Å². The molecule has 22 heavy (non-hydrogen) atoms. The Hall–Kier alpha value is -0.673. The van der Waals surface area contributed by atoms with Crippen LogP contribution >= 0.6 is 0 Å². The molecule has 1 N–H and O–H groups in total. The van der Waals surface area contributed by atoms with Crippen LogP contribution in [0.2, 0.25) is 18.1 Å². The maximum Gasteiger partial charge on any atom is 0.410 e. The summed E-state index contributed by atoms with van der Waals surface area (Å²) in [7, 11) is -2.10. The molecule has 0 radical (unpaired) electrons. The van der Waals surface area contributed by atoms with E-state index in [1.165, 1.54) is 0 Å². The molecule has 3 rings (SSSR count). The minimum atomic E-state index is -2.10. The topological polar surface area (TPSA) is 75.3 Å². The molecule has 0 aromatic heterocycles. The molecule has 126 valence electrons. The highest BCUT2D eigenvalue weighted by atomic mass is 28.4. The second-order valence-corrected chi connectivity index (χ2v) is 12.4. The van der Waals surface area contributed by atoms with Crippen LogP contribution in [-0.4, -0.2) is 58.5 Å². The van der Waals surface area contributed by atoms with Crippen LogP contribution in [0.5, 0.6) is 0 Å². The van der Waals surface area contributed by atoms with E-state index in [0.29, 0.717) is 6.61 Å². The molecular weight excluding hydrogens is 306 g/mol. The number of hydrogen-bond donors (Lipinski definition) is 1. The van der Waals surface area contributed by atoms with Gasteiger partial charge >= 0.3 is 6.09 Å². The Morgan fingerprint density at radius 2 is 2.05 bits per heavy atom. The Kier molecular flexibility index (Phi) is 3.80. The van der Waals surface area contributed by atoms with E-state index in [4.69, 9.17) is 23.4 Å². The van der Waals surface area contributed by atoms with Gasteiger partial charge in [-0.15, -0.1) is 0 Å². The molecule has 1 amide bonds. The number of fused-ring (bicyclic) bond motifs is 1. The molecule has 0 bridgehead atoms. The molecule has 0 saturated carbocycles. The van der Waals surface area contributed by atoms with Crippen molar-refractivity contribution in [1.29, 1.82) is 0 Å². The third kappa shape index (κ3) is 2.56. The molecule has 1 unspecified atom stereocenters. The zero-order valence-corrected chi connectivity index (χ0v) is 14.8. The van der Waals surface area contributed by atoms with Gasteiger partial charge in [-0.3, -0.25) is 0 Å². The Morgan fingerprint density at radius 3 is 2.64 bits per heavy atom. The first kappa shape index (κ1) is 16.2. The molecule has 3 saturated heterocycles. The van der Waals surface area contributed by atoms with Crippen molar-refractivity contribution in [3.05, 3.63) is 0 Å². The van der Waals surface area contributed by atoms with Crippen LogP contribution in [0.4, 0.5) is 4.79 Å². The zero-order valence-electron chi connectivity index (χ0n) is 13.8. The molecule has 0 aliphatic carbocycles. The van der Waals surface area contributed by atoms with Crippen molar-refractivity contribution in [1.82, 2.24) is 5.32 Å². The van der Waals surface area contributed by atoms with Crippen LogP contribution in [0.3, 0.4) is 0 Å². The van der Waals surface area contributed by atoms with E-state index in [0.717, 1.165) is 0 Å². The van der Waals surface area contributed by atoms with Gasteiger partial charge in [-0.25, -0.2) is 4.79 Å². The van der Waals surface area contributed by atoms with Crippen molar-refractivity contribution < 1.29 is 28.2 Å². The fraction of sp³-hybridized carbons (Fsp3) is 0.929. The zero-order chi connectivity index (χ0) is 16.2. The smallest absolute Gasteiger partial charge is 0.410 e. The van der Waals surface area contributed by atoms with E-state index in [2.05, 4.69) is 39.2 Å². The summed E-state index contributed by atoms with van der Waals surface area (Å²) in [6.45, 7) is 11.6. The maximum atomic E-state index is 11.6. The first-order valence-corrected chi connectivity index (χ1v) is 10.6. The van der Waals surface area contributed by atoms with Crippen LogP contribution in [-0.2, 0) is 23.4 Å². The Bertz CT molecular complexity index is 465. The average molecular weight is 331 g/mol. The van der Waals surface area contributed by atoms with Gasteiger partial charge in [-0.05, 0) is 18.1 Å². The first-order valence-electron chi connectivity index (χ1n) is 7.66.